The molecule has 1 aromatic heterocycles. The molecule has 6 nitrogen and oxygen atoms in total. The van der Waals surface area contributed by atoms with Gasteiger partial charge in [-0.2, -0.15) is 13.2 Å². The molecule has 23 heavy (non-hydrogen) atoms. The second-order valence-corrected chi connectivity index (χ2v) is 5.37. The molecule has 0 radical (unpaired) electrons. The zero-order valence-electron chi connectivity index (χ0n) is 12.5. The number of hydrogen-bond donors (Lipinski definition) is 1. The van der Waals surface area contributed by atoms with Gasteiger partial charge in [0.15, 0.2) is 0 Å². The quantitative estimate of drug-likeness (QED) is 0.898. The molecular formula is C14H17F3N2O4. The molecule has 1 saturated heterocycles. The van der Waals surface area contributed by atoms with Gasteiger partial charge in [0.2, 0.25) is 0 Å². The fraction of sp³-hybridized carbons (Fsp3) is 0.571. The van der Waals surface area contributed by atoms with Gasteiger partial charge in [-0.05, 0) is 19.1 Å². The Hall–Kier alpha value is -1.87. The third-order valence-electron chi connectivity index (χ3n) is 3.66. The Morgan fingerprint density at radius 2 is 2.09 bits per heavy atom. The highest BCUT2D eigenvalue weighted by molar-refractivity contribution is 5.87. The highest BCUT2D eigenvalue weighted by Gasteiger charge is 2.35. The number of alkyl halides is 3. The number of carboxylic acids is 1. The maximum Gasteiger partial charge on any atom is 0.431 e. The molecule has 0 aliphatic carbocycles. The maximum atomic E-state index is 13.0. The van der Waals surface area contributed by atoms with Crippen molar-refractivity contribution in [3.05, 3.63) is 33.7 Å². The molecule has 2 heterocycles. The Balaban J connectivity index is 2.29. The van der Waals surface area contributed by atoms with Gasteiger partial charge in [-0.1, -0.05) is 0 Å². The van der Waals surface area contributed by atoms with Crippen LogP contribution in [0.25, 0.3) is 0 Å². The van der Waals surface area contributed by atoms with Crippen LogP contribution in [0.15, 0.2) is 16.9 Å². The predicted octanol–water partition coefficient (Wildman–Crippen LogP) is 1.29. The molecular weight excluding hydrogens is 317 g/mol. The molecule has 1 fully saturated rings. The standard InChI is InChI=1S/C14H17F3N2O4/c1-9-8-18(6-7-23-9)4-5-19-11(14(15,16)17)3-2-10(12(19)20)13(21)22/h2-3,9H,4-8H2,1H3,(H,21,22)/t9-/m1/s1. The number of morpholine rings is 1. The van der Waals surface area contributed by atoms with Crippen molar-refractivity contribution in [2.24, 2.45) is 0 Å². The van der Waals surface area contributed by atoms with Gasteiger partial charge in [0.05, 0.1) is 12.7 Å². The first-order valence-corrected chi connectivity index (χ1v) is 7.08. The van der Waals surface area contributed by atoms with Crippen molar-refractivity contribution in [1.82, 2.24) is 9.47 Å². The van der Waals surface area contributed by atoms with Crippen LogP contribution in [-0.4, -0.2) is 52.9 Å². The third kappa shape index (κ3) is 4.11. The lowest BCUT2D eigenvalue weighted by Gasteiger charge is -2.31. The lowest BCUT2D eigenvalue weighted by Crippen LogP contribution is -2.44. The lowest BCUT2D eigenvalue weighted by molar-refractivity contribution is -0.144. The van der Waals surface area contributed by atoms with E-state index in [1.54, 1.807) is 0 Å². The Bertz CT molecular complexity index is 642. The molecule has 1 aliphatic heterocycles. The summed E-state index contributed by atoms with van der Waals surface area (Å²) in [6.07, 6.45) is -4.76. The highest BCUT2D eigenvalue weighted by Crippen LogP contribution is 2.28. The Morgan fingerprint density at radius 1 is 1.39 bits per heavy atom. The molecule has 0 amide bonds. The Labute approximate surface area is 130 Å². The number of ether oxygens (including phenoxy) is 1. The summed E-state index contributed by atoms with van der Waals surface area (Å²) in [5, 5.41) is 8.91. The normalized spacial score (nSPS) is 19.7. The monoisotopic (exact) mass is 334 g/mol. The predicted molar refractivity (Wildman–Crippen MR) is 74.5 cm³/mol. The van der Waals surface area contributed by atoms with E-state index in [1.807, 2.05) is 11.8 Å². The number of nitrogens with zero attached hydrogens (tertiary/aromatic N) is 2. The van der Waals surface area contributed by atoms with Gasteiger partial charge >= 0.3 is 12.1 Å². The molecule has 1 aliphatic rings. The van der Waals surface area contributed by atoms with E-state index in [9.17, 15) is 22.8 Å². The fourth-order valence-corrected chi connectivity index (χ4v) is 2.55. The van der Waals surface area contributed by atoms with Gasteiger partial charge in [0, 0.05) is 26.2 Å². The van der Waals surface area contributed by atoms with Crippen molar-refractivity contribution in [2.45, 2.75) is 25.7 Å². The number of hydrogen-bond acceptors (Lipinski definition) is 4. The van der Waals surface area contributed by atoms with Crippen molar-refractivity contribution in [3.63, 3.8) is 0 Å². The molecule has 2 rings (SSSR count). The molecule has 0 saturated carbocycles. The average Bonchev–Trinajstić information content (AvgIpc) is 2.44. The molecule has 0 unspecified atom stereocenters. The van der Waals surface area contributed by atoms with E-state index in [0.29, 0.717) is 36.4 Å². The van der Waals surface area contributed by atoms with Crippen LogP contribution in [0.1, 0.15) is 23.0 Å². The molecule has 1 aromatic rings. The first-order valence-electron chi connectivity index (χ1n) is 7.08. The molecule has 9 heteroatoms. The number of halogens is 3. The average molecular weight is 334 g/mol. The van der Waals surface area contributed by atoms with Gasteiger partial charge < -0.3 is 14.4 Å². The van der Waals surface area contributed by atoms with Gasteiger partial charge in [0.25, 0.3) is 5.56 Å². The van der Waals surface area contributed by atoms with Crippen LogP contribution in [0.3, 0.4) is 0 Å². The number of pyridine rings is 1. The summed E-state index contributed by atoms with van der Waals surface area (Å²) >= 11 is 0. The lowest BCUT2D eigenvalue weighted by atomic mass is 10.2. The van der Waals surface area contributed by atoms with Crippen molar-refractivity contribution < 1.29 is 27.8 Å². The molecule has 0 spiro atoms. The smallest absolute Gasteiger partial charge is 0.431 e. The van der Waals surface area contributed by atoms with Gasteiger partial charge in [0.1, 0.15) is 11.3 Å². The van der Waals surface area contributed by atoms with Crippen LogP contribution in [0.2, 0.25) is 0 Å². The largest absolute Gasteiger partial charge is 0.477 e. The topological polar surface area (TPSA) is 71.8 Å². The zero-order chi connectivity index (χ0) is 17.2. The van der Waals surface area contributed by atoms with Crippen molar-refractivity contribution in [2.75, 3.05) is 26.2 Å². The number of aromatic carboxylic acids is 1. The minimum absolute atomic E-state index is 0.0343. The van der Waals surface area contributed by atoms with Crippen molar-refractivity contribution >= 4 is 5.97 Å². The molecule has 1 atom stereocenters. The second kappa shape index (κ2) is 6.71. The van der Waals surface area contributed by atoms with Gasteiger partial charge in [-0.15, -0.1) is 0 Å². The summed E-state index contributed by atoms with van der Waals surface area (Å²) in [5.74, 6) is -1.54. The third-order valence-corrected chi connectivity index (χ3v) is 3.66. The van der Waals surface area contributed by atoms with Crippen LogP contribution >= 0.6 is 0 Å². The fourth-order valence-electron chi connectivity index (χ4n) is 2.55. The number of aromatic nitrogens is 1. The summed E-state index contributed by atoms with van der Waals surface area (Å²) in [7, 11) is 0. The van der Waals surface area contributed by atoms with E-state index in [1.165, 1.54) is 0 Å². The molecule has 0 bridgehead atoms. The second-order valence-electron chi connectivity index (χ2n) is 5.37. The number of rotatable bonds is 4. The van der Waals surface area contributed by atoms with E-state index >= 15 is 0 Å². The van der Waals surface area contributed by atoms with Crippen molar-refractivity contribution in [3.8, 4) is 0 Å². The molecule has 1 N–H and O–H groups in total. The summed E-state index contributed by atoms with van der Waals surface area (Å²) in [6.45, 7) is 3.40. The minimum Gasteiger partial charge on any atom is -0.477 e. The van der Waals surface area contributed by atoms with Gasteiger partial charge in [-0.25, -0.2) is 4.79 Å². The Kier molecular flexibility index (Phi) is 5.10. The summed E-state index contributed by atoms with van der Waals surface area (Å²) in [4.78, 5) is 24.9. The van der Waals surface area contributed by atoms with Crippen LogP contribution in [-0.2, 0) is 17.5 Å². The molecule has 128 valence electrons. The molecule has 0 aromatic carbocycles. The van der Waals surface area contributed by atoms with Crippen LogP contribution < -0.4 is 5.56 Å². The zero-order valence-corrected chi connectivity index (χ0v) is 12.5. The van der Waals surface area contributed by atoms with E-state index in [0.717, 1.165) is 0 Å². The van der Waals surface area contributed by atoms with E-state index < -0.39 is 29.0 Å². The SMILES string of the molecule is C[C@@H]1CN(CCn2c(C(F)(F)F)ccc(C(=O)O)c2=O)CCO1. The first kappa shape index (κ1) is 17.5. The maximum absolute atomic E-state index is 13.0. The van der Waals surface area contributed by atoms with E-state index in [4.69, 9.17) is 9.84 Å². The van der Waals surface area contributed by atoms with Crippen LogP contribution in [0.4, 0.5) is 13.2 Å². The van der Waals surface area contributed by atoms with E-state index in [2.05, 4.69) is 0 Å². The minimum atomic E-state index is -4.73. The summed E-state index contributed by atoms with van der Waals surface area (Å²) < 4.78 is 45.0. The Morgan fingerprint density at radius 3 is 2.65 bits per heavy atom. The summed E-state index contributed by atoms with van der Waals surface area (Å²) in [5.41, 5.74) is -2.96. The summed E-state index contributed by atoms with van der Waals surface area (Å²) in [6, 6.07) is 1.33. The van der Waals surface area contributed by atoms with Crippen LogP contribution in [0.5, 0.6) is 0 Å². The van der Waals surface area contributed by atoms with E-state index in [-0.39, 0.29) is 19.2 Å². The van der Waals surface area contributed by atoms with Crippen molar-refractivity contribution in [1.29, 1.82) is 0 Å². The first-order chi connectivity index (χ1) is 10.7. The number of carboxylic acid groups (broad SMARTS) is 1. The number of carbonyl (C=O) groups is 1. The van der Waals surface area contributed by atoms with Crippen LogP contribution in [0, 0.1) is 0 Å². The van der Waals surface area contributed by atoms with Gasteiger partial charge in [-0.3, -0.25) is 9.69 Å². The highest BCUT2D eigenvalue weighted by atomic mass is 19.4.